The molecule has 1 unspecified atom stereocenters. The molecule has 0 radical (unpaired) electrons. The molecule has 1 heterocycles. The van der Waals surface area contributed by atoms with Gasteiger partial charge in [0.15, 0.2) is 0 Å². The van der Waals surface area contributed by atoms with Crippen LogP contribution in [0.25, 0.3) is 0 Å². The highest BCUT2D eigenvalue weighted by molar-refractivity contribution is 5.86. The molecule has 0 aliphatic carbocycles. The van der Waals surface area contributed by atoms with E-state index in [0.717, 1.165) is 25.9 Å². The lowest BCUT2D eigenvalue weighted by molar-refractivity contribution is -0.133. The second kappa shape index (κ2) is 5.55. The first-order chi connectivity index (χ1) is 7.15. The van der Waals surface area contributed by atoms with Crippen LogP contribution < -0.4 is 17.0 Å². The average molecular weight is 213 g/mol. The van der Waals surface area contributed by atoms with Crippen molar-refractivity contribution in [3.63, 3.8) is 0 Å². The van der Waals surface area contributed by atoms with Crippen LogP contribution in [0.5, 0.6) is 0 Å². The summed E-state index contributed by atoms with van der Waals surface area (Å²) in [6, 6.07) is -0.459. The highest BCUT2D eigenvalue weighted by Gasteiger charge is 2.21. The second-order valence-corrected chi connectivity index (χ2v) is 3.72. The van der Waals surface area contributed by atoms with Crippen molar-refractivity contribution in [3.8, 4) is 0 Å². The van der Waals surface area contributed by atoms with Crippen LogP contribution in [0, 0.1) is 0 Å². The van der Waals surface area contributed by atoms with Gasteiger partial charge >= 0.3 is 0 Å². The van der Waals surface area contributed by atoms with Crippen LogP contribution in [0.2, 0.25) is 0 Å². The largest absolute Gasteiger partial charge is 0.369 e. The van der Waals surface area contributed by atoms with Crippen molar-refractivity contribution < 1.29 is 4.79 Å². The molecule has 15 heavy (non-hydrogen) atoms. The minimum absolute atomic E-state index is 0.0212. The summed E-state index contributed by atoms with van der Waals surface area (Å²) in [6.07, 6.45) is 3.35. The Morgan fingerprint density at radius 3 is 2.53 bits per heavy atom. The van der Waals surface area contributed by atoms with E-state index >= 15 is 0 Å². The Balaban J connectivity index is 2.51. The van der Waals surface area contributed by atoms with Crippen molar-refractivity contribution >= 4 is 11.9 Å². The molecule has 0 aromatic heterocycles. The number of aliphatic imine (C=N–C) groups is 1. The van der Waals surface area contributed by atoms with E-state index in [0.29, 0.717) is 0 Å². The van der Waals surface area contributed by atoms with Gasteiger partial charge in [0, 0.05) is 13.1 Å². The average Bonchev–Trinajstić information content (AvgIpc) is 2.29. The van der Waals surface area contributed by atoms with Crippen molar-refractivity contribution in [1.82, 2.24) is 10.3 Å². The molecule has 1 saturated heterocycles. The Hall–Kier alpha value is -1.30. The molecule has 1 amide bonds. The number of hydrogen-bond acceptors (Lipinski definition) is 3. The first-order valence-corrected chi connectivity index (χ1v) is 5.24. The van der Waals surface area contributed by atoms with E-state index in [-0.39, 0.29) is 11.9 Å². The Bertz CT molecular complexity index is 247. The molecule has 0 bridgehead atoms. The summed E-state index contributed by atoms with van der Waals surface area (Å²) in [5.41, 5.74) is 7.60. The van der Waals surface area contributed by atoms with Crippen LogP contribution in [-0.2, 0) is 4.79 Å². The number of carbonyl (C=O) groups is 1. The van der Waals surface area contributed by atoms with Gasteiger partial charge in [0.25, 0.3) is 0 Å². The maximum Gasteiger partial charge on any atom is 0.247 e. The van der Waals surface area contributed by atoms with Crippen LogP contribution in [-0.4, -0.2) is 35.9 Å². The molecule has 1 fully saturated rings. The fourth-order valence-electron chi connectivity index (χ4n) is 1.68. The maximum atomic E-state index is 11.8. The maximum absolute atomic E-state index is 11.8. The summed E-state index contributed by atoms with van der Waals surface area (Å²) in [7, 11) is 0. The zero-order valence-electron chi connectivity index (χ0n) is 9.07. The summed E-state index contributed by atoms with van der Waals surface area (Å²) in [5.74, 6) is 5.18. The van der Waals surface area contributed by atoms with Crippen LogP contribution in [0.4, 0.5) is 0 Å². The van der Waals surface area contributed by atoms with Gasteiger partial charge in [-0.3, -0.25) is 10.2 Å². The van der Waals surface area contributed by atoms with E-state index in [1.807, 2.05) is 4.90 Å². The lowest BCUT2D eigenvalue weighted by Gasteiger charge is -2.28. The number of carbonyl (C=O) groups excluding carboxylic acids is 1. The molecule has 86 valence electrons. The van der Waals surface area contributed by atoms with Crippen LogP contribution >= 0.6 is 0 Å². The molecule has 1 rings (SSSR count). The van der Waals surface area contributed by atoms with Crippen LogP contribution in [0.3, 0.4) is 0 Å². The number of nitrogens with zero attached hydrogens (tertiary/aromatic N) is 2. The zero-order valence-corrected chi connectivity index (χ0v) is 9.07. The molecule has 0 spiro atoms. The summed E-state index contributed by atoms with van der Waals surface area (Å²) < 4.78 is 0. The number of amides is 1. The van der Waals surface area contributed by atoms with Crippen molar-refractivity contribution in [1.29, 1.82) is 0 Å². The number of likely N-dealkylation sites (tertiary alicyclic amines) is 1. The predicted octanol–water partition coefficient (Wildman–Crippen LogP) is -0.835. The van der Waals surface area contributed by atoms with Crippen molar-refractivity contribution in [3.05, 3.63) is 0 Å². The van der Waals surface area contributed by atoms with E-state index in [1.54, 1.807) is 6.92 Å². The quantitative estimate of drug-likeness (QED) is 0.241. The summed E-state index contributed by atoms with van der Waals surface area (Å²) in [6.45, 7) is 3.38. The lowest BCUT2D eigenvalue weighted by Crippen LogP contribution is -2.43. The van der Waals surface area contributed by atoms with Crippen LogP contribution in [0.1, 0.15) is 26.2 Å². The second-order valence-electron chi connectivity index (χ2n) is 3.72. The summed E-state index contributed by atoms with van der Waals surface area (Å²) >= 11 is 0. The van der Waals surface area contributed by atoms with Gasteiger partial charge in [-0.15, -0.1) is 0 Å². The van der Waals surface area contributed by atoms with E-state index in [9.17, 15) is 4.79 Å². The number of nitrogens with two attached hydrogens (primary N) is 2. The molecule has 6 nitrogen and oxygen atoms in total. The van der Waals surface area contributed by atoms with E-state index in [1.165, 1.54) is 6.42 Å². The minimum atomic E-state index is -0.459. The smallest absolute Gasteiger partial charge is 0.247 e. The molecule has 0 saturated carbocycles. The fraction of sp³-hybridized carbons (Fsp3) is 0.778. The van der Waals surface area contributed by atoms with Gasteiger partial charge in [0.1, 0.15) is 6.04 Å². The van der Waals surface area contributed by atoms with Crippen molar-refractivity contribution in [2.45, 2.75) is 32.2 Å². The highest BCUT2D eigenvalue weighted by Crippen LogP contribution is 2.10. The SMILES string of the molecule is CC(N=C(N)NN)C(=O)N1CCCCC1. The zero-order chi connectivity index (χ0) is 11.3. The Labute approximate surface area is 89.7 Å². The fourth-order valence-corrected chi connectivity index (χ4v) is 1.68. The van der Waals surface area contributed by atoms with E-state index in [2.05, 4.69) is 10.4 Å². The van der Waals surface area contributed by atoms with Crippen molar-refractivity contribution in [2.24, 2.45) is 16.6 Å². The number of nitrogens with one attached hydrogen (secondary N) is 1. The molecule has 5 N–H and O–H groups in total. The molecule has 6 heteroatoms. The Morgan fingerprint density at radius 2 is 2.00 bits per heavy atom. The van der Waals surface area contributed by atoms with Crippen molar-refractivity contribution in [2.75, 3.05) is 13.1 Å². The number of piperidine rings is 1. The lowest BCUT2D eigenvalue weighted by atomic mass is 10.1. The predicted molar refractivity (Wildman–Crippen MR) is 58.8 cm³/mol. The monoisotopic (exact) mass is 213 g/mol. The Kier molecular flexibility index (Phi) is 4.36. The third-order valence-corrected chi connectivity index (χ3v) is 2.51. The highest BCUT2D eigenvalue weighted by atomic mass is 16.2. The molecular formula is C9H19N5O. The third kappa shape index (κ3) is 3.39. The van der Waals surface area contributed by atoms with E-state index < -0.39 is 6.04 Å². The molecule has 1 aliphatic rings. The number of hydrogen-bond donors (Lipinski definition) is 3. The minimum Gasteiger partial charge on any atom is -0.369 e. The molecule has 0 aromatic rings. The van der Waals surface area contributed by atoms with Gasteiger partial charge in [-0.25, -0.2) is 10.8 Å². The molecule has 0 aromatic carbocycles. The van der Waals surface area contributed by atoms with Gasteiger partial charge in [-0.2, -0.15) is 0 Å². The normalized spacial score (nSPS) is 19.9. The number of rotatable bonds is 2. The topological polar surface area (TPSA) is 96.7 Å². The van der Waals surface area contributed by atoms with Crippen LogP contribution in [0.15, 0.2) is 4.99 Å². The first kappa shape index (κ1) is 11.8. The number of guanidine groups is 1. The first-order valence-electron chi connectivity index (χ1n) is 5.24. The van der Waals surface area contributed by atoms with Gasteiger partial charge in [0.2, 0.25) is 11.9 Å². The molecule has 1 atom stereocenters. The number of hydrazine groups is 1. The standard InChI is InChI=1S/C9H19N5O/c1-7(12-9(10)13-11)8(15)14-5-3-2-4-6-14/h7H,2-6,11H2,1H3,(H3,10,12,13). The van der Waals surface area contributed by atoms with Gasteiger partial charge in [-0.1, -0.05) is 0 Å². The molecular weight excluding hydrogens is 194 g/mol. The van der Waals surface area contributed by atoms with E-state index in [4.69, 9.17) is 11.6 Å². The molecule has 1 aliphatic heterocycles. The van der Waals surface area contributed by atoms with Gasteiger partial charge in [0.05, 0.1) is 0 Å². The third-order valence-electron chi connectivity index (χ3n) is 2.51. The summed E-state index contributed by atoms with van der Waals surface area (Å²) in [5, 5.41) is 0. The Morgan fingerprint density at radius 1 is 1.40 bits per heavy atom. The van der Waals surface area contributed by atoms with Gasteiger partial charge in [-0.05, 0) is 26.2 Å². The summed E-state index contributed by atoms with van der Waals surface area (Å²) in [4.78, 5) is 17.6. The van der Waals surface area contributed by atoms with Gasteiger partial charge < -0.3 is 10.6 Å².